The number of rotatable bonds is 5. The molecule has 0 spiro atoms. The number of nitrogens with zero attached hydrogens (tertiary/aromatic N) is 5. The molecule has 0 saturated carbocycles. The summed E-state index contributed by atoms with van der Waals surface area (Å²) in [7, 11) is 1.83. The molecule has 7 heteroatoms. The van der Waals surface area contributed by atoms with Gasteiger partial charge in [0.05, 0.1) is 0 Å². The number of benzene rings is 1. The monoisotopic (exact) mass is 394 g/mol. The molecule has 4 rings (SSSR count). The maximum absolute atomic E-state index is 12.8. The number of hydrogen-bond donors (Lipinski definition) is 1. The number of carbonyl (C=O) groups excluding carboxylic acids is 1. The lowest BCUT2D eigenvalue weighted by atomic mass is 9.93. The van der Waals surface area contributed by atoms with Gasteiger partial charge < -0.3 is 20.0 Å². The van der Waals surface area contributed by atoms with Crippen molar-refractivity contribution in [2.24, 2.45) is 5.92 Å². The molecule has 1 aromatic heterocycles. The first-order valence-corrected chi connectivity index (χ1v) is 10.6. The molecule has 3 heterocycles. The van der Waals surface area contributed by atoms with E-state index in [9.17, 15) is 4.79 Å². The van der Waals surface area contributed by atoms with Crippen LogP contribution in [0, 0.1) is 5.92 Å². The highest BCUT2D eigenvalue weighted by atomic mass is 16.2. The average Bonchev–Trinajstić information content (AvgIpc) is 2.80. The lowest BCUT2D eigenvalue weighted by Gasteiger charge is -2.37. The highest BCUT2D eigenvalue weighted by molar-refractivity contribution is 5.77. The Kier molecular flexibility index (Phi) is 6.12. The van der Waals surface area contributed by atoms with Gasteiger partial charge in [0, 0.05) is 64.6 Å². The van der Waals surface area contributed by atoms with Crippen molar-refractivity contribution in [1.29, 1.82) is 0 Å². The summed E-state index contributed by atoms with van der Waals surface area (Å²) < 4.78 is 0. The lowest BCUT2D eigenvalue weighted by Crippen LogP contribution is -2.49. The molecule has 1 aromatic carbocycles. The molecular weight excluding hydrogens is 364 g/mol. The summed E-state index contributed by atoms with van der Waals surface area (Å²) in [4.78, 5) is 28.2. The topological polar surface area (TPSA) is 64.6 Å². The van der Waals surface area contributed by atoms with E-state index >= 15 is 0 Å². The van der Waals surface area contributed by atoms with E-state index in [1.165, 1.54) is 5.69 Å². The van der Waals surface area contributed by atoms with Crippen molar-refractivity contribution < 1.29 is 4.79 Å². The van der Waals surface area contributed by atoms with Gasteiger partial charge in [-0.2, -0.15) is 4.98 Å². The lowest BCUT2D eigenvalue weighted by molar-refractivity contribution is -0.132. The van der Waals surface area contributed by atoms with Crippen LogP contribution in [-0.4, -0.2) is 67.1 Å². The minimum Gasteiger partial charge on any atom is -0.368 e. The second-order valence-corrected chi connectivity index (χ2v) is 7.83. The van der Waals surface area contributed by atoms with E-state index in [2.05, 4.69) is 54.2 Å². The summed E-state index contributed by atoms with van der Waals surface area (Å²) in [6.45, 7) is 5.35. The number of anilines is 3. The van der Waals surface area contributed by atoms with Gasteiger partial charge >= 0.3 is 0 Å². The molecule has 154 valence electrons. The molecular formula is C22H30N6O. The Labute approximate surface area is 172 Å². The first-order chi connectivity index (χ1) is 14.2. The second-order valence-electron chi connectivity index (χ2n) is 7.83. The first kappa shape index (κ1) is 19.5. The van der Waals surface area contributed by atoms with Gasteiger partial charge in [0.1, 0.15) is 5.82 Å². The fourth-order valence-electron chi connectivity index (χ4n) is 4.24. The number of piperidine rings is 1. The van der Waals surface area contributed by atoms with Crippen LogP contribution in [0.25, 0.3) is 0 Å². The number of nitrogens with one attached hydrogen (secondary N) is 1. The van der Waals surface area contributed by atoms with Crippen molar-refractivity contribution in [2.75, 3.05) is 61.4 Å². The smallest absolute Gasteiger partial charge is 0.224 e. The molecule has 0 aliphatic carbocycles. The van der Waals surface area contributed by atoms with Crippen LogP contribution in [0.3, 0.4) is 0 Å². The zero-order chi connectivity index (χ0) is 20.1. The molecule has 0 radical (unpaired) electrons. The van der Waals surface area contributed by atoms with Crippen LogP contribution in [-0.2, 0) is 4.79 Å². The third kappa shape index (κ3) is 4.78. The molecule has 1 amide bonds. The number of piperazine rings is 1. The van der Waals surface area contributed by atoms with E-state index in [1.807, 2.05) is 19.2 Å². The summed E-state index contributed by atoms with van der Waals surface area (Å²) in [5, 5.41) is 2.99. The number of hydrogen-bond acceptors (Lipinski definition) is 6. The largest absolute Gasteiger partial charge is 0.368 e. The van der Waals surface area contributed by atoms with E-state index < -0.39 is 0 Å². The molecule has 2 aliphatic heterocycles. The van der Waals surface area contributed by atoms with Crippen molar-refractivity contribution in [3.63, 3.8) is 0 Å². The van der Waals surface area contributed by atoms with Crippen LogP contribution >= 0.6 is 0 Å². The average molecular weight is 395 g/mol. The molecule has 7 nitrogen and oxygen atoms in total. The van der Waals surface area contributed by atoms with E-state index in [1.54, 1.807) is 6.20 Å². The molecule has 0 unspecified atom stereocenters. The summed E-state index contributed by atoms with van der Waals surface area (Å²) in [6.07, 6.45) is 4.53. The van der Waals surface area contributed by atoms with Gasteiger partial charge in [0.2, 0.25) is 11.9 Å². The predicted octanol–water partition coefficient (Wildman–Crippen LogP) is 2.47. The standard InChI is InChI=1S/C22H30N6O/c1-23-22-24-10-7-20(25-22)27-11-8-18(9-12-27)17-21(29)28-15-13-26(14-16-28)19-5-3-2-4-6-19/h2-7,10,18H,8-9,11-17H2,1H3,(H,23,24,25). The molecule has 1 N–H and O–H groups in total. The fraction of sp³-hybridized carbons (Fsp3) is 0.500. The van der Waals surface area contributed by atoms with Crippen molar-refractivity contribution >= 4 is 23.4 Å². The van der Waals surface area contributed by atoms with Gasteiger partial charge in [0.15, 0.2) is 0 Å². The van der Waals surface area contributed by atoms with Crippen molar-refractivity contribution in [1.82, 2.24) is 14.9 Å². The fourth-order valence-corrected chi connectivity index (χ4v) is 4.24. The van der Waals surface area contributed by atoms with Crippen molar-refractivity contribution in [3.05, 3.63) is 42.6 Å². The highest BCUT2D eigenvalue weighted by Gasteiger charge is 2.26. The zero-order valence-corrected chi connectivity index (χ0v) is 17.1. The van der Waals surface area contributed by atoms with Gasteiger partial charge in [-0.3, -0.25) is 4.79 Å². The van der Waals surface area contributed by atoms with Gasteiger partial charge in [-0.15, -0.1) is 0 Å². The number of amides is 1. The van der Waals surface area contributed by atoms with Crippen LogP contribution in [0.5, 0.6) is 0 Å². The molecule has 2 aliphatic rings. The first-order valence-electron chi connectivity index (χ1n) is 10.6. The maximum atomic E-state index is 12.8. The SMILES string of the molecule is CNc1nccc(N2CCC(CC(=O)N3CCN(c4ccccc4)CC3)CC2)n1. The highest BCUT2D eigenvalue weighted by Crippen LogP contribution is 2.25. The van der Waals surface area contributed by atoms with Crippen LogP contribution in [0.15, 0.2) is 42.6 Å². The normalized spacial score (nSPS) is 18.0. The van der Waals surface area contributed by atoms with Crippen LogP contribution in [0.4, 0.5) is 17.5 Å². The molecule has 0 atom stereocenters. The third-order valence-corrected chi connectivity index (χ3v) is 6.02. The van der Waals surface area contributed by atoms with Crippen molar-refractivity contribution in [3.8, 4) is 0 Å². The van der Waals surface area contributed by atoms with Gasteiger partial charge in [-0.25, -0.2) is 4.98 Å². The summed E-state index contributed by atoms with van der Waals surface area (Å²) in [5.41, 5.74) is 1.25. The Bertz CT molecular complexity index is 798. The van der Waals surface area contributed by atoms with Crippen LogP contribution in [0.2, 0.25) is 0 Å². The molecule has 0 bridgehead atoms. The summed E-state index contributed by atoms with van der Waals surface area (Å²) in [5.74, 6) is 2.40. The molecule has 2 aromatic rings. The van der Waals surface area contributed by atoms with Gasteiger partial charge in [0.25, 0.3) is 0 Å². The minimum absolute atomic E-state index is 0.315. The number of aromatic nitrogens is 2. The van der Waals surface area contributed by atoms with E-state index in [0.29, 0.717) is 24.2 Å². The Morgan fingerprint density at radius 3 is 2.41 bits per heavy atom. The van der Waals surface area contributed by atoms with Crippen molar-refractivity contribution in [2.45, 2.75) is 19.3 Å². The second kappa shape index (κ2) is 9.11. The third-order valence-electron chi connectivity index (χ3n) is 6.02. The minimum atomic E-state index is 0.315. The van der Waals surface area contributed by atoms with Crippen LogP contribution in [0.1, 0.15) is 19.3 Å². The Morgan fingerprint density at radius 1 is 1.00 bits per heavy atom. The number of carbonyl (C=O) groups is 1. The van der Waals surface area contributed by atoms with E-state index in [-0.39, 0.29) is 0 Å². The van der Waals surface area contributed by atoms with Crippen LogP contribution < -0.4 is 15.1 Å². The zero-order valence-electron chi connectivity index (χ0n) is 17.1. The maximum Gasteiger partial charge on any atom is 0.224 e. The Balaban J connectivity index is 1.23. The predicted molar refractivity (Wildman–Crippen MR) is 116 cm³/mol. The number of para-hydroxylation sites is 1. The van der Waals surface area contributed by atoms with Gasteiger partial charge in [-0.05, 0) is 37.0 Å². The van der Waals surface area contributed by atoms with E-state index in [0.717, 1.165) is 57.9 Å². The molecule has 2 fully saturated rings. The van der Waals surface area contributed by atoms with Gasteiger partial charge in [-0.1, -0.05) is 18.2 Å². The quantitative estimate of drug-likeness (QED) is 0.841. The Hall–Kier alpha value is -2.83. The molecule has 2 saturated heterocycles. The molecule has 29 heavy (non-hydrogen) atoms. The summed E-state index contributed by atoms with van der Waals surface area (Å²) >= 11 is 0. The summed E-state index contributed by atoms with van der Waals surface area (Å²) in [6, 6.07) is 12.4. The van der Waals surface area contributed by atoms with E-state index in [4.69, 9.17) is 0 Å². The Morgan fingerprint density at radius 2 is 1.72 bits per heavy atom.